The van der Waals surface area contributed by atoms with E-state index in [4.69, 9.17) is 0 Å². The van der Waals surface area contributed by atoms with Crippen molar-refractivity contribution in [3.63, 3.8) is 0 Å². The molecule has 4 rings (SSSR count). The van der Waals surface area contributed by atoms with Gasteiger partial charge < -0.3 is 5.11 Å². The van der Waals surface area contributed by atoms with Crippen LogP contribution < -0.4 is 0 Å². The van der Waals surface area contributed by atoms with E-state index in [0.717, 1.165) is 40.3 Å². The van der Waals surface area contributed by atoms with E-state index in [0.29, 0.717) is 12.0 Å². The number of allylic oxidation sites excluding steroid dienone is 3. The molecular formula is C24H20O2. The first-order valence-electron chi connectivity index (χ1n) is 8.83. The number of carbonyl (C=O) groups is 1. The second-order valence-electron chi connectivity index (χ2n) is 6.73. The largest absolute Gasteiger partial charge is 0.478 e. The summed E-state index contributed by atoms with van der Waals surface area (Å²) < 4.78 is 0. The average Bonchev–Trinajstić information content (AvgIpc) is 2.67. The Morgan fingerprint density at radius 2 is 1.65 bits per heavy atom. The number of hydrogen-bond donors (Lipinski definition) is 1. The van der Waals surface area contributed by atoms with Crippen LogP contribution in [0.2, 0.25) is 0 Å². The van der Waals surface area contributed by atoms with Crippen LogP contribution >= 0.6 is 0 Å². The molecule has 3 aromatic rings. The summed E-state index contributed by atoms with van der Waals surface area (Å²) in [4.78, 5) is 12.1. The van der Waals surface area contributed by atoms with Crippen molar-refractivity contribution in [1.29, 1.82) is 0 Å². The Morgan fingerprint density at radius 3 is 2.42 bits per heavy atom. The van der Waals surface area contributed by atoms with Crippen molar-refractivity contribution in [1.82, 2.24) is 0 Å². The third-order valence-corrected chi connectivity index (χ3v) is 5.12. The molecule has 0 atom stereocenters. The molecule has 0 bridgehead atoms. The Kier molecular flexibility index (Phi) is 4.18. The van der Waals surface area contributed by atoms with Crippen LogP contribution in [0.3, 0.4) is 0 Å². The van der Waals surface area contributed by atoms with Crippen molar-refractivity contribution in [2.75, 3.05) is 0 Å². The van der Waals surface area contributed by atoms with Gasteiger partial charge in [0.05, 0.1) is 5.56 Å². The Balaban J connectivity index is 1.82. The molecule has 0 saturated carbocycles. The van der Waals surface area contributed by atoms with Gasteiger partial charge >= 0.3 is 5.97 Å². The number of carboxylic acids is 1. The van der Waals surface area contributed by atoms with Crippen molar-refractivity contribution < 1.29 is 9.90 Å². The Morgan fingerprint density at radius 1 is 0.923 bits per heavy atom. The number of hydrogen-bond acceptors (Lipinski definition) is 1. The molecule has 0 saturated heterocycles. The highest BCUT2D eigenvalue weighted by Gasteiger charge is 2.18. The number of aromatic carboxylic acids is 1. The first-order chi connectivity index (χ1) is 12.6. The van der Waals surface area contributed by atoms with Gasteiger partial charge in [0.15, 0.2) is 0 Å². The Hall–Kier alpha value is -3.13. The highest BCUT2D eigenvalue weighted by molar-refractivity contribution is 6.06. The van der Waals surface area contributed by atoms with Gasteiger partial charge in [-0.25, -0.2) is 4.79 Å². The zero-order chi connectivity index (χ0) is 18.1. The standard InChI is InChI=1S/C24H20O2/c1-16(17-7-3-2-4-8-17)15-19-12-13-21-20-10-6-5-9-18(20)11-14-22(21)23(19)24(25)26/h2-8,11-14H,1,9-10,15H2,(H,25,26). The molecule has 0 fully saturated rings. The molecule has 1 N–H and O–H groups in total. The average molecular weight is 340 g/mol. The van der Waals surface area contributed by atoms with Gasteiger partial charge in [-0.2, -0.15) is 0 Å². The molecule has 0 aliphatic heterocycles. The van der Waals surface area contributed by atoms with Crippen LogP contribution in [0.5, 0.6) is 0 Å². The minimum absolute atomic E-state index is 0.400. The smallest absolute Gasteiger partial charge is 0.336 e. The molecule has 0 heterocycles. The molecule has 1 aliphatic carbocycles. The summed E-state index contributed by atoms with van der Waals surface area (Å²) in [6.45, 7) is 4.17. The molecule has 26 heavy (non-hydrogen) atoms. The molecular weight excluding hydrogens is 320 g/mol. The lowest BCUT2D eigenvalue weighted by atomic mass is 9.87. The molecule has 0 unspecified atom stereocenters. The fourth-order valence-electron chi connectivity index (χ4n) is 3.81. The quantitative estimate of drug-likeness (QED) is 0.641. The van der Waals surface area contributed by atoms with E-state index in [1.807, 2.05) is 42.5 Å². The third kappa shape index (κ3) is 2.84. The summed E-state index contributed by atoms with van der Waals surface area (Å²) in [5, 5.41) is 11.8. The SMILES string of the molecule is C=C(Cc1ccc2c3c(ccc2c1C(=O)O)CC=CC3)c1ccccc1. The van der Waals surface area contributed by atoms with Gasteiger partial charge in [0.1, 0.15) is 0 Å². The van der Waals surface area contributed by atoms with E-state index in [1.54, 1.807) is 0 Å². The predicted molar refractivity (Wildman–Crippen MR) is 107 cm³/mol. The lowest BCUT2D eigenvalue weighted by Crippen LogP contribution is -2.07. The number of benzene rings is 3. The lowest BCUT2D eigenvalue weighted by molar-refractivity contribution is 0.0698. The summed E-state index contributed by atoms with van der Waals surface area (Å²) in [5.74, 6) is -0.877. The van der Waals surface area contributed by atoms with Crippen LogP contribution in [0.4, 0.5) is 0 Å². The summed E-state index contributed by atoms with van der Waals surface area (Å²) >= 11 is 0. The maximum absolute atomic E-state index is 12.1. The molecule has 1 aliphatic rings. The van der Waals surface area contributed by atoms with Crippen molar-refractivity contribution in [2.24, 2.45) is 0 Å². The Bertz CT molecular complexity index is 1040. The summed E-state index contributed by atoms with van der Waals surface area (Å²) in [5.41, 5.74) is 5.72. The minimum atomic E-state index is -0.877. The van der Waals surface area contributed by atoms with Gasteiger partial charge in [-0.05, 0) is 57.9 Å². The number of carboxylic acid groups (broad SMARTS) is 1. The van der Waals surface area contributed by atoms with E-state index in [9.17, 15) is 9.90 Å². The second-order valence-corrected chi connectivity index (χ2v) is 6.73. The molecule has 0 amide bonds. The van der Waals surface area contributed by atoms with Crippen LogP contribution in [0.25, 0.3) is 16.3 Å². The van der Waals surface area contributed by atoms with E-state index < -0.39 is 5.97 Å². The maximum Gasteiger partial charge on any atom is 0.336 e. The monoisotopic (exact) mass is 340 g/mol. The van der Waals surface area contributed by atoms with E-state index in [1.165, 1.54) is 11.1 Å². The van der Waals surface area contributed by atoms with E-state index in [2.05, 4.69) is 30.9 Å². The first kappa shape index (κ1) is 16.3. The molecule has 128 valence electrons. The van der Waals surface area contributed by atoms with Crippen LogP contribution in [0.1, 0.15) is 32.6 Å². The van der Waals surface area contributed by atoms with Crippen molar-refractivity contribution in [3.8, 4) is 0 Å². The lowest BCUT2D eigenvalue weighted by Gasteiger charge is -2.17. The van der Waals surface area contributed by atoms with Gasteiger partial charge in [0.2, 0.25) is 0 Å². The highest BCUT2D eigenvalue weighted by atomic mass is 16.4. The van der Waals surface area contributed by atoms with Crippen LogP contribution in [-0.4, -0.2) is 11.1 Å². The van der Waals surface area contributed by atoms with Crippen molar-refractivity contribution in [3.05, 3.63) is 101 Å². The zero-order valence-electron chi connectivity index (χ0n) is 14.5. The topological polar surface area (TPSA) is 37.3 Å². The summed E-state index contributed by atoms with van der Waals surface area (Å²) in [6.07, 6.45) is 6.64. The van der Waals surface area contributed by atoms with Crippen LogP contribution in [0, 0.1) is 0 Å². The summed E-state index contributed by atoms with van der Waals surface area (Å²) in [7, 11) is 0. The maximum atomic E-state index is 12.1. The molecule has 0 spiro atoms. The van der Waals surface area contributed by atoms with Gasteiger partial charge in [-0.15, -0.1) is 0 Å². The van der Waals surface area contributed by atoms with Crippen LogP contribution in [-0.2, 0) is 19.3 Å². The molecule has 2 nitrogen and oxygen atoms in total. The molecule has 2 heteroatoms. The summed E-state index contributed by atoms with van der Waals surface area (Å²) in [6, 6.07) is 18.0. The highest BCUT2D eigenvalue weighted by Crippen LogP contribution is 2.32. The van der Waals surface area contributed by atoms with Crippen LogP contribution in [0.15, 0.2) is 73.3 Å². The van der Waals surface area contributed by atoms with Crippen molar-refractivity contribution >= 4 is 22.3 Å². The molecule has 0 radical (unpaired) electrons. The van der Waals surface area contributed by atoms with Gasteiger partial charge in [-0.1, -0.05) is 73.3 Å². The normalized spacial score (nSPS) is 12.8. The minimum Gasteiger partial charge on any atom is -0.478 e. The van der Waals surface area contributed by atoms with Gasteiger partial charge in [-0.3, -0.25) is 0 Å². The first-order valence-corrected chi connectivity index (χ1v) is 8.83. The molecule has 0 aromatic heterocycles. The zero-order valence-corrected chi connectivity index (χ0v) is 14.5. The Labute approximate surface area is 153 Å². The van der Waals surface area contributed by atoms with E-state index >= 15 is 0 Å². The number of rotatable bonds is 4. The fraction of sp³-hybridized carbons (Fsp3) is 0.125. The number of fused-ring (bicyclic) bond motifs is 3. The molecule has 3 aromatic carbocycles. The van der Waals surface area contributed by atoms with Gasteiger partial charge in [0.25, 0.3) is 0 Å². The van der Waals surface area contributed by atoms with E-state index in [-0.39, 0.29) is 0 Å². The second kappa shape index (κ2) is 6.64. The van der Waals surface area contributed by atoms with Crippen molar-refractivity contribution in [2.45, 2.75) is 19.3 Å². The van der Waals surface area contributed by atoms with Gasteiger partial charge in [0, 0.05) is 0 Å². The third-order valence-electron chi connectivity index (χ3n) is 5.12. The fourth-order valence-corrected chi connectivity index (χ4v) is 3.81. The predicted octanol–water partition coefficient (Wildman–Crippen LogP) is 5.45.